The molecule has 0 saturated carbocycles. The summed E-state index contributed by atoms with van der Waals surface area (Å²) in [5.74, 6) is 1.62. The molecule has 0 aromatic heterocycles. The number of carbonyl (C=O) groups excluding carboxylic acids is 1. The van der Waals surface area contributed by atoms with Gasteiger partial charge in [-0.1, -0.05) is 12.1 Å². The first-order chi connectivity index (χ1) is 18.9. The smallest absolute Gasteiger partial charge is 0.306 e. The average Bonchev–Trinajstić information content (AvgIpc) is 3.66. The summed E-state index contributed by atoms with van der Waals surface area (Å²) in [5.41, 5.74) is 6.95. The second-order valence-corrected chi connectivity index (χ2v) is 10.7. The number of halogens is 1. The van der Waals surface area contributed by atoms with Crippen LogP contribution in [0, 0.1) is 19.7 Å². The molecule has 1 aliphatic carbocycles. The van der Waals surface area contributed by atoms with Crippen molar-refractivity contribution in [2.75, 3.05) is 26.9 Å². The fraction of sp³-hybridized carbons (Fsp3) is 0.406. The van der Waals surface area contributed by atoms with Crippen molar-refractivity contribution in [3.8, 4) is 28.4 Å². The summed E-state index contributed by atoms with van der Waals surface area (Å²) < 4.78 is 43.9. The van der Waals surface area contributed by atoms with Gasteiger partial charge in [0.2, 0.25) is 0 Å². The van der Waals surface area contributed by atoms with Gasteiger partial charge in [-0.05, 0) is 78.8 Å². The predicted octanol–water partition coefficient (Wildman–Crippen LogP) is 6.38. The molecule has 3 aromatic rings. The number of benzene rings is 3. The Bertz CT molecular complexity index is 1390. The first kappa shape index (κ1) is 25.7. The summed E-state index contributed by atoms with van der Waals surface area (Å²) >= 11 is 0. The van der Waals surface area contributed by atoms with Crippen LogP contribution in [0.15, 0.2) is 42.5 Å². The van der Waals surface area contributed by atoms with Crippen LogP contribution in [0.4, 0.5) is 4.39 Å². The van der Waals surface area contributed by atoms with Crippen LogP contribution in [0.1, 0.15) is 59.1 Å². The van der Waals surface area contributed by atoms with Crippen molar-refractivity contribution in [2.45, 2.75) is 57.7 Å². The quantitative estimate of drug-likeness (QED) is 0.329. The number of esters is 1. The molecule has 0 radical (unpaired) electrons. The van der Waals surface area contributed by atoms with Crippen molar-refractivity contribution in [1.29, 1.82) is 0 Å². The Hall–Kier alpha value is -3.58. The van der Waals surface area contributed by atoms with Crippen molar-refractivity contribution in [1.82, 2.24) is 0 Å². The highest BCUT2D eigenvalue weighted by atomic mass is 19.1. The molecule has 1 fully saturated rings. The monoisotopic (exact) mass is 532 g/mol. The number of ether oxygens (including phenoxy) is 5. The van der Waals surface area contributed by atoms with E-state index in [0.717, 1.165) is 58.6 Å². The van der Waals surface area contributed by atoms with Crippen molar-refractivity contribution < 1.29 is 32.9 Å². The van der Waals surface area contributed by atoms with Gasteiger partial charge < -0.3 is 23.7 Å². The van der Waals surface area contributed by atoms with Crippen molar-refractivity contribution in [3.63, 3.8) is 0 Å². The van der Waals surface area contributed by atoms with E-state index in [-0.39, 0.29) is 30.2 Å². The highest BCUT2D eigenvalue weighted by molar-refractivity contribution is 5.76. The Morgan fingerprint density at radius 1 is 1.00 bits per heavy atom. The molecule has 6 nitrogen and oxygen atoms in total. The number of hydrogen-bond acceptors (Lipinski definition) is 6. The van der Waals surface area contributed by atoms with Gasteiger partial charge in [0.1, 0.15) is 35.3 Å². The fourth-order valence-corrected chi connectivity index (χ4v) is 6.19. The van der Waals surface area contributed by atoms with Crippen molar-refractivity contribution >= 4 is 5.97 Å². The van der Waals surface area contributed by atoms with Gasteiger partial charge in [0.15, 0.2) is 0 Å². The summed E-state index contributed by atoms with van der Waals surface area (Å²) in [5, 5.41) is 0. The minimum absolute atomic E-state index is 0.0384. The van der Waals surface area contributed by atoms with Crippen LogP contribution in [-0.2, 0) is 20.7 Å². The van der Waals surface area contributed by atoms with Gasteiger partial charge in [-0.15, -0.1) is 0 Å². The summed E-state index contributed by atoms with van der Waals surface area (Å²) in [6, 6.07) is 13.2. The lowest BCUT2D eigenvalue weighted by molar-refractivity contribution is -0.141. The lowest BCUT2D eigenvalue weighted by Crippen LogP contribution is -2.15. The maximum absolute atomic E-state index is 15.3. The first-order valence-electron chi connectivity index (χ1n) is 13.6. The minimum Gasteiger partial charge on any atom is -0.492 e. The third kappa shape index (κ3) is 4.96. The van der Waals surface area contributed by atoms with Gasteiger partial charge in [-0.25, -0.2) is 4.39 Å². The lowest BCUT2D eigenvalue weighted by atomic mass is 9.90. The summed E-state index contributed by atoms with van der Waals surface area (Å²) in [7, 11) is 1.39. The first-order valence-corrected chi connectivity index (χ1v) is 13.6. The molecule has 0 spiro atoms. The third-order valence-corrected chi connectivity index (χ3v) is 8.03. The molecule has 39 heavy (non-hydrogen) atoms. The van der Waals surface area contributed by atoms with Crippen LogP contribution in [0.25, 0.3) is 11.1 Å². The van der Waals surface area contributed by atoms with Gasteiger partial charge in [0, 0.05) is 29.5 Å². The highest BCUT2D eigenvalue weighted by Crippen LogP contribution is 2.45. The Labute approximate surface area is 228 Å². The zero-order valence-corrected chi connectivity index (χ0v) is 22.6. The molecule has 0 unspecified atom stereocenters. The zero-order chi connectivity index (χ0) is 27.1. The van der Waals surface area contributed by atoms with Crippen LogP contribution >= 0.6 is 0 Å². The minimum atomic E-state index is -0.393. The van der Waals surface area contributed by atoms with Crippen LogP contribution in [-0.4, -0.2) is 39.0 Å². The zero-order valence-electron chi connectivity index (χ0n) is 22.6. The summed E-state index contributed by atoms with van der Waals surface area (Å²) in [6.45, 7) is 5.94. The van der Waals surface area contributed by atoms with E-state index in [0.29, 0.717) is 36.7 Å². The Kier molecular flexibility index (Phi) is 6.94. The Balaban J connectivity index is 1.25. The second-order valence-electron chi connectivity index (χ2n) is 10.7. The molecule has 0 N–H and O–H groups in total. The maximum atomic E-state index is 15.3. The SMILES string of the molecule is COC(=O)C[C@@H]1COc2cc(O[C@@H]3CCc4c(-c5c(C)cc(O[C@H]6CCOC6)cc5C)ccc(F)c43)ccc21. The molecule has 3 atom stereocenters. The number of aryl methyl sites for hydroxylation is 2. The lowest BCUT2D eigenvalue weighted by Gasteiger charge is -2.20. The van der Waals surface area contributed by atoms with Crippen LogP contribution in [0.5, 0.6) is 17.2 Å². The molecule has 6 rings (SSSR count). The van der Waals surface area contributed by atoms with E-state index in [9.17, 15) is 4.79 Å². The number of hydrogen-bond donors (Lipinski definition) is 0. The fourth-order valence-electron chi connectivity index (χ4n) is 6.19. The van der Waals surface area contributed by atoms with E-state index in [1.165, 1.54) is 7.11 Å². The van der Waals surface area contributed by atoms with Gasteiger partial charge in [0.05, 0.1) is 33.4 Å². The molecule has 2 heterocycles. The number of methoxy groups -OCH3 is 1. The van der Waals surface area contributed by atoms with Crippen LogP contribution in [0.2, 0.25) is 0 Å². The van der Waals surface area contributed by atoms with E-state index < -0.39 is 6.10 Å². The highest BCUT2D eigenvalue weighted by Gasteiger charge is 2.32. The van der Waals surface area contributed by atoms with Gasteiger partial charge in [0.25, 0.3) is 0 Å². The maximum Gasteiger partial charge on any atom is 0.306 e. The molecule has 2 aliphatic heterocycles. The summed E-state index contributed by atoms with van der Waals surface area (Å²) in [6.07, 6.45) is 2.28. The number of rotatable bonds is 7. The summed E-state index contributed by atoms with van der Waals surface area (Å²) in [4.78, 5) is 11.7. The molecular formula is C32H33FO6. The number of carbonyl (C=O) groups is 1. The van der Waals surface area contributed by atoms with Gasteiger partial charge in [-0.3, -0.25) is 4.79 Å². The Morgan fingerprint density at radius 3 is 2.56 bits per heavy atom. The topological polar surface area (TPSA) is 63.2 Å². The van der Waals surface area contributed by atoms with E-state index in [2.05, 4.69) is 26.0 Å². The molecule has 7 heteroatoms. The predicted molar refractivity (Wildman–Crippen MR) is 144 cm³/mol. The molecule has 3 aliphatic rings. The molecule has 3 aromatic carbocycles. The van der Waals surface area contributed by atoms with E-state index in [1.54, 1.807) is 6.07 Å². The average molecular weight is 533 g/mol. The largest absolute Gasteiger partial charge is 0.492 e. The van der Waals surface area contributed by atoms with Crippen LogP contribution < -0.4 is 14.2 Å². The Morgan fingerprint density at radius 2 is 1.82 bits per heavy atom. The molecule has 0 amide bonds. The van der Waals surface area contributed by atoms with E-state index >= 15 is 4.39 Å². The third-order valence-electron chi connectivity index (χ3n) is 8.03. The van der Waals surface area contributed by atoms with Gasteiger partial charge >= 0.3 is 5.97 Å². The van der Waals surface area contributed by atoms with Crippen LogP contribution in [0.3, 0.4) is 0 Å². The van der Waals surface area contributed by atoms with Crippen molar-refractivity contribution in [3.05, 3.63) is 76.1 Å². The van der Waals surface area contributed by atoms with E-state index in [1.807, 2.05) is 24.3 Å². The van der Waals surface area contributed by atoms with Gasteiger partial charge in [-0.2, -0.15) is 0 Å². The molecule has 204 valence electrons. The molecule has 1 saturated heterocycles. The van der Waals surface area contributed by atoms with Crippen molar-refractivity contribution in [2.24, 2.45) is 0 Å². The molecular weight excluding hydrogens is 499 g/mol. The number of fused-ring (bicyclic) bond motifs is 2. The standard InChI is InChI=1S/C32H33FO6/c1-18-12-23(38-22-10-11-36-17-22)13-19(2)31(18)25-6-8-27(33)32-26(25)7-9-28(32)39-21-4-5-24-20(14-30(34)35-3)16-37-29(24)15-21/h4-6,8,12-13,15,20,22,28H,7,9-11,14,16-17H2,1-3H3/t20-,22+,28-/m1/s1. The normalized spacial score (nSPS) is 21.3. The molecule has 0 bridgehead atoms. The second kappa shape index (κ2) is 10.5. The van der Waals surface area contributed by atoms with E-state index in [4.69, 9.17) is 23.7 Å².